The topological polar surface area (TPSA) is 37.3 Å². The van der Waals surface area contributed by atoms with Crippen LogP contribution in [0.5, 0.6) is 11.5 Å². The number of piperazine rings is 1. The Hall–Kier alpha value is -3.31. The Labute approximate surface area is 183 Å². The Bertz CT molecular complexity index is 1060. The Morgan fingerprint density at radius 2 is 1.42 bits per heavy atom. The number of hydrogen-bond donors (Lipinski definition) is 0. The predicted octanol–water partition coefficient (Wildman–Crippen LogP) is 4.43. The second-order valence-corrected chi connectivity index (χ2v) is 7.89. The SMILES string of the molecule is COc1cccc(/C=N\N2CCN(C3c4ccccc4-c4ccccc43)CC2)c1OC. The molecule has 5 rings (SSSR count). The maximum Gasteiger partial charge on any atom is 0.169 e. The molecule has 0 saturated carbocycles. The Kier molecular flexibility index (Phi) is 5.35. The van der Waals surface area contributed by atoms with Crippen molar-refractivity contribution >= 4 is 6.21 Å². The molecule has 158 valence electrons. The Balaban J connectivity index is 1.31. The van der Waals surface area contributed by atoms with Crippen molar-refractivity contribution < 1.29 is 9.47 Å². The van der Waals surface area contributed by atoms with Crippen molar-refractivity contribution in [3.8, 4) is 22.6 Å². The second kappa shape index (κ2) is 8.44. The monoisotopic (exact) mass is 413 g/mol. The van der Waals surface area contributed by atoms with Gasteiger partial charge < -0.3 is 9.47 Å². The summed E-state index contributed by atoms with van der Waals surface area (Å²) in [6.45, 7) is 3.73. The first-order chi connectivity index (χ1) is 15.3. The van der Waals surface area contributed by atoms with Gasteiger partial charge in [0.1, 0.15) is 0 Å². The zero-order valence-corrected chi connectivity index (χ0v) is 18.0. The lowest BCUT2D eigenvalue weighted by molar-refractivity contribution is 0.114. The molecule has 0 bridgehead atoms. The summed E-state index contributed by atoms with van der Waals surface area (Å²) in [5.41, 5.74) is 6.49. The van der Waals surface area contributed by atoms with Crippen molar-refractivity contribution in [1.82, 2.24) is 9.91 Å². The maximum atomic E-state index is 5.52. The molecule has 31 heavy (non-hydrogen) atoms. The summed E-state index contributed by atoms with van der Waals surface area (Å²) < 4.78 is 10.9. The zero-order chi connectivity index (χ0) is 21.2. The number of methoxy groups -OCH3 is 2. The highest BCUT2D eigenvalue weighted by Gasteiger charge is 2.33. The van der Waals surface area contributed by atoms with E-state index in [1.54, 1.807) is 14.2 Å². The quantitative estimate of drug-likeness (QED) is 0.580. The molecule has 5 heteroatoms. The van der Waals surface area contributed by atoms with E-state index >= 15 is 0 Å². The largest absolute Gasteiger partial charge is 0.493 e. The lowest BCUT2D eigenvalue weighted by Crippen LogP contribution is -2.45. The van der Waals surface area contributed by atoms with Crippen molar-refractivity contribution in [2.45, 2.75) is 6.04 Å². The van der Waals surface area contributed by atoms with Crippen molar-refractivity contribution in [3.05, 3.63) is 83.4 Å². The van der Waals surface area contributed by atoms with Crippen LogP contribution in [0.25, 0.3) is 11.1 Å². The molecule has 0 amide bonds. The number of hydrogen-bond acceptors (Lipinski definition) is 5. The lowest BCUT2D eigenvalue weighted by Gasteiger charge is -2.37. The maximum absolute atomic E-state index is 5.52. The van der Waals surface area contributed by atoms with E-state index in [9.17, 15) is 0 Å². The van der Waals surface area contributed by atoms with Crippen LogP contribution >= 0.6 is 0 Å². The number of fused-ring (bicyclic) bond motifs is 3. The molecule has 1 heterocycles. The first-order valence-electron chi connectivity index (χ1n) is 10.7. The van der Waals surface area contributed by atoms with E-state index in [-0.39, 0.29) is 0 Å². The summed E-state index contributed by atoms with van der Waals surface area (Å²) in [7, 11) is 3.31. The molecule has 1 aliphatic heterocycles. The molecule has 1 fully saturated rings. The molecule has 3 aromatic rings. The molecular weight excluding hydrogens is 386 g/mol. The van der Waals surface area contributed by atoms with Crippen LogP contribution in [0.1, 0.15) is 22.7 Å². The highest BCUT2D eigenvalue weighted by Crippen LogP contribution is 2.46. The molecule has 3 aromatic carbocycles. The van der Waals surface area contributed by atoms with E-state index in [2.05, 4.69) is 58.4 Å². The average molecular weight is 414 g/mol. The third-order valence-corrected chi connectivity index (χ3v) is 6.25. The molecule has 1 saturated heterocycles. The molecule has 1 aliphatic carbocycles. The van der Waals surface area contributed by atoms with Gasteiger partial charge in [0.05, 0.1) is 26.5 Å². The molecule has 5 nitrogen and oxygen atoms in total. The van der Waals surface area contributed by atoms with Crippen LogP contribution in [0.15, 0.2) is 71.8 Å². The number of rotatable bonds is 5. The molecule has 0 atom stereocenters. The zero-order valence-electron chi connectivity index (χ0n) is 18.0. The summed E-state index contributed by atoms with van der Waals surface area (Å²) in [6.07, 6.45) is 1.87. The number of benzene rings is 3. The van der Waals surface area contributed by atoms with Gasteiger partial charge in [0.25, 0.3) is 0 Å². The molecule has 0 spiro atoms. The summed E-state index contributed by atoms with van der Waals surface area (Å²) in [6, 6.07) is 23.8. The van der Waals surface area contributed by atoms with Crippen LogP contribution < -0.4 is 9.47 Å². The van der Waals surface area contributed by atoms with Gasteiger partial charge in [-0.15, -0.1) is 0 Å². The summed E-state index contributed by atoms with van der Waals surface area (Å²) in [5, 5.41) is 6.87. The number of hydrazone groups is 1. The standard InChI is InChI=1S/C26H27N3O2/c1-30-24-13-7-8-19(26(24)31-2)18-27-29-16-14-28(15-17-29)25-22-11-5-3-9-20(22)21-10-4-6-12-23(21)25/h3-13,18,25H,14-17H2,1-2H3/b27-18-. The first kappa shape index (κ1) is 19.6. The van der Waals surface area contributed by atoms with Crippen LogP contribution in [-0.4, -0.2) is 56.5 Å². The average Bonchev–Trinajstić information content (AvgIpc) is 3.17. The second-order valence-electron chi connectivity index (χ2n) is 7.89. The summed E-state index contributed by atoms with van der Waals surface area (Å²) in [4.78, 5) is 2.59. The van der Waals surface area contributed by atoms with E-state index in [0.29, 0.717) is 11.8 Å². The van der Waals surface area contributed by atoms with Crippen LogP contribution in [-0.2, 0) is 0 Å². The Morgan fingerprint density at radius 3 is 2.03 bits per heavy atom. The molecule has 0 aromatic heterocycles. The molecule has 0 unspecified atom stereocenters. The first-order valence-corrected chi connectivity index (χ1v) is 10.7. The van der Waals surface area contributed by atoms with E-state index in [0.717, 1.165) is 37.5 Å². The minimum atomic E-state index is 0.331. The highest BCUT2D eigenvalue weighted by molar-refractivity contribution is 5.85. The third kappa shape index (κ3) is 3.55. The van der Waals surface area contributed by atoms with Gasteiger partial charge in [-0.2, -0.15) is 5.10 Å². The van der Waals surface area contributed by atoms with Gasteiger partial charge in [-0.3, -0.25) is 9.91 Å². The van der Waals surface area contributed by atoms with Gasteiger partial charge in [0, 0.05) is 31.7 Å². The predicted molar refractivity (Wildman–Crippen MR) is 124 cm³/mol. The minimum absolute atomic E-state index is 0.331. The van der Waals surface area contributed by atoms with Crippen molar-refractivity contribution in [3.63, 3.8) is 0 Å². The van der Waals surface area contributed by atoms with Crippen LogP contribution in [0.2, 0.25) is 0 Å². The normalized spacial score (nSPS) is 16.4. The third-order valence-electron chi connectivity index (χ3n) is 6.25. The summed E-state index contributed by atoms with van der Waals surface area (Å²) >= 11 is 0. The fourth-order valence-electron chi connectivity index (χ4n) is 4.76. The van der Waals surface area contributed by atoms with Gasteiger partial charge in [-0.05, 0) is 34.4 Å². The van der Waals surface area contributed by atoms with Gasteiger partial charge in [-0.25, -0.2) is 0 Å². The van der Waals surface area contributed by atoms with Crippen LogP contribution in [0.4, 0.5) is 0 Å². The molecule has 2 aliphatic rings. The van der Waals surface area contributed by atoms with Crippen molar-refractivity contribution in [2.75, 3.05) is 40.4 Å². The van der Waals surface area contributed by atoms with Gasteiger partial charge in [0.2, 0.25) is 0 Å². The fourth-order valence-corrected chi connectivity index (χ4v) is 4.76. The van der Waals surface area contributed by atoms with Crippen molar-refractivity contribution in [1.29, 1.82) is 0 Å². The van der Waals surface area contributed by atoms with E-state index in [1.165, 1.54) is 22.3 Å². The van der Waals surface area contributed by atoms with Gasteiger partial charge in [-0.1, -0.05) is 54.6 Å². The van der Waals surface area contributed by atoms with E-state index in [1.807, 2.05) is 24.4 Å². The molecule has 0 radical (unpaired) electrons. The lowest BCUT2D eigenvalue weighted by atomic mass is 10.0. The Morgan fingerprint density at radius 1 is 0.774 bits per heavy atom. The van der Waals surface area contributed by atoms with Gasteiger partial charge in [0.15, 0.2) is 11.5 Å². The number of nitrogens with zero attached hydrogens (tertiary/aromatic N) is 3. The van der Waals surface area contributed by atoms with Crippen LogP contribution in [0, 0.1) is 0 Å². The number of para-hydroxylation sites is 1. The van der Waals surface area contributed by atoms with Gasteiger partial charge >= 0.3 is 0 Å². The van der Waals surface area contributed by atoms with E-state index < -0.39 is 0 Å². The smallest absolute Gasteiger partial charge is 0.169 e. The summed E-state index contributed by atoms with van der Waals surface area (Å²) in [5.74, 6) is 1.43. The number of ether oxygens (including phenoxy) is 2. The minimum Gasteiger partial charge on any atom is -0.493 e. The van der Waals surface area contributed by atoms with Crippen molar-refractivity contribution in [2.24, 2.45) is 5.10 Å². The molecular formula is C26H27N3O2. The van der Waals surface area contributed by atoms with E-state index in [4.69, 9.17) is 14.6 Å². The highest BCUT2D eigenvalue weighted by atomic mass is 16.5. The van der Waals surface area contributed by atoms with Crippen LogP contribution in [0.3, 0.4) is 0 Å². The molecule has 0 N–H and O–H groups in total. The fraction of sp³-hybridized carbons (Fsp3) is 0.269.